The molecule has 0 amide bonds. The number of hydrogen-bond donors (Lipinski definition) is 0. The number of methoxy groups -OCH3 is 1. The molecule has 4 heteroatoms. The van der Waals surface area contributed by atoms with Crippen molar-refractivity contribution >= 4 is 21.7 Å². The Morgan fingerprint density at radius 3 is 3.11 bits per heavy atom. The van der Waals surface area contributed by atoms with Gasteiger partial charge < -0.3 is 9.64 Å². The minimum Gasteiger partial charge on any atom is -0.384 e. The van der Waals surface area contributed by atoms with Crippen LogP contribution in [0.3, 0.4) is 0 Å². The molecule has 0 aromatic heterocycles. The Morgan fingerprint density at radius 2 is 2.37 bits per heavy atom. The van der Waals surface area contributed by atoms with Gasteiger partial charge in [0.25, 0.3) is 0 Å². The van der Waals surface area contributed by atoms with Crippen molar-refractivity contribution in [2.24, 2.45) is 5.92 Å². The van der Waals surface area contributed by atoms with Gasteiger partial charge in [0.2, 0.25) is 0 Å². The zero-order valence-corrected chi connectivity index (χ0v) is 12.9. The number of Topliss-reactive ketones (excluding diaryl/α,β-unsaturated/α-hetero) is 1. The highest BCUT2D eigenvalue weighted by atomic mass is 79.9. The van der Waals surface area contributed by atoms with Crippen LogP contribution in [0.25, 0.3) is 0 Å². The third-order valence-electron chi connectivity index (χ3n) is 3.57. The van der Waals surface area contributed by atoms with E-state index >= 15 is 0 Å². The predicted octanol–water partition coefficient (Wildman–Crippen LogP) is 2.99. The third-order valence-corrected chi connectivity index (χ3v) is 4.07. The Labute approximate surface area is 123 Å². The highest BCUT2D eigenvalue weighted by Gasteiger charge is 2.22. The normalized spacial score (nSPS) is 19.8. The van der Waals surface area contributed by atoms with Crippen LogP contribution >= 0.6 is 15.9 Å². The van der Waals surface area contributed by atoms with E-state index in [1.165, 1.54) is 6.42 Å². The van der Waals surface area contributed by atoms with E-state index in [0.717, 1.165) is 36.3 Å². The Bertz CT molecular complexity index is 436. The topological polar surface area (TPSA) is 29.5 Å². The van der Waals surface area contributed by atoms with Crippen LogP contribution in [0, 0.1) is 5.92 Å². The van der Waals surface area contributed by atoms with Gasteiger partial charge >= 0.3 is 0 Å². The van der Waals surface area contributed by atoms with Crippen LogP contribution in [-0.4, -0.2) is 44.0 Å². The molecule has 1 aliphatic rings. The standard InChI is InChI=1S/C15H20BrNO2/c1-19-11-12-5-7-17(10-12)8-6-15(18)13-3-2-4-14(16)9-13/h2-4,9,12H,5-8,10-11H2,1H3. The van der Waals surface area contributed by atoms with Gasteiger partial charge in [-0.05, 0) is 31.0 Å². The summed E-state index contributed by atoms with van der Waals surface area (Å²) in [6, 6.07) is 7.61. The molecule has 3 nitrogen and oxygen atoms in total. The number of carbonyl (C=O) groups is 1. The second kappa shape index (κ2) is 7.17. The second-order valence-electron chi connectivity index (χ2n) is 5.09. The number of hydrogen-bond acceptors (Lipinski definition) is 3. The average Bonchev–Trinajstić information content (AvgIpc) is 2.84. The summed E-state index contributed by atoms with van der Waals surface area (Å²) in [5.41, 5.74) is 0.794. The molecule has 0 bridgehead atoms. The molecule has 1 unspecified atom stereocenters. The largest absolute Gasteiger partial charge is 0.384 e. The molecule has 104 valence electrons. The van der Waals surface area contributed by atoms with Crippen LogP contribution < -0.4 is 0 Å². The molecule has 2 rings (SSSR count). The monoisotopic (exact) mass is 325 g/mol. The summed E-state index contributed by atoms with van der Waals surface area (Å²) in [4.78, 5) is 14.4. The number of benzene rings is 1. The van der Waals surface area contributed by atoms with E-state index in [1.54, 1.807) is 7.11 Å². The van der Waals surface area contributed by atoms with Gasteiger partial charge in [-0.1, -0.05) is 28.1 Å². The SMILES string of the molecule is COCC1CCN(CCC(=O)c2cccc(Br)c2)C1. The lowest BCUT2D eigenvalue weighted by atomic mass is 10.1. The van der Waals surface area contributed by atoms with Crippen molar-refractivity contribution in [3.8, 4) is 0 Å². The highest BCUT2D eigenvalue weighted by Crippen LogP contribution is 2.18. The van der Waals surface area contributed by atoms with E-state index in [-0.39, 0.29) is 5.78 Å². The van der Waals surface area contributed by atoms with E-state index in [4.69, 9.17) is 4.74 Å². The minimum absolute atomic E-state index is 0.219. The fourth-order valence-electron chi connectivity index (χ4n) is 2.55. The number of nitrogens with zero attached hydrogens (tertiary/aromatic N) is 1. The van der Waals surface area contributed by atoms with Crippen molar-refractivity contribution in [3.05, 3.63) is 34.3 Å². The molecular formula is C15H20BrNO2. The second-order valence-corrected chi connectivity index (χ2v) is 6.01. The van der Waals surface area contributed by atoms with Gasteiger partial charge in [-0.2, -0.15) is 0 Å². The number of ether oxygens (including phenoxy) is 1. The highest BCUT2D eigenvalue weighted by molar-refractivity contribution is 9.10. The maximum atomic E-state index is 12.1. The first-order valence-electron chi connectivity index (χ1n) is 6.69. The summed E-state index contributed by atoms with van der Waals surface area (Å²) in [7, 11) is 1.75. The van der Waals surface area contributed by atoms with Gasteiger partial charge in [-0.3, -0.25) is 4.79 Å². The van der Waals surface area contributed by atoms with Crippen LogP contribution in [-0.2, 0) is 4.74 Å². The molecule has 1 aromatic carbocycles. The molecule has 1 aliphatic heterocycles. The van der Waals surface area contributed by atoms with E-state index in [2.05, 4.69) is 20.8 Å². The molecular weight excluding hydrogens is 306 g/mol. The first kappa shape index (κ1) is 14.7. The smallest absolute Gasteiger partial charge is 0.164 e. The number of rotatable bonds is 6. The molecule has 1 atom stereocenters. The maximum Gasteiger partial charge on any atom is 0.164 e. The van der Waals surface area contributed by atoms with Gasteiger partial charge in [-0.25, -0.2) is 0 Å². The van der Waals surface area contributed by atoms with Crippen molar-refractivity contribution in [3.63, 3.8) is 0 Å². The number of halogens is 1. The van der Waals surface area contributed by atoms with Crippen LogP contribution in [0.5, 0.6) is 0 Å². The summed E-state index contributed by atoms with van der Waals surface area (Å²) in [5.74, 6) is 0.850. The summed E-state index contributed by atoms with van der Waals surface area (Å²) in [6.45, 7) is 3.82. The zero-order chi connectivity index (χ0) is 13.7. The van der Waals surface area contributed by atoms with E-state index in [0.29, 0.717) is 12.3 Å². The third kappa shape index (κ3) is 4.41. The quantitative estimate of drug-likeness (QED) is 0.753. The lowest BCUT2D eigenvalue weighted by Crippen LogP contribution is -2.24. The Morgan fingerprint density at radius 1 is 1.53 bits per heavy atom. The molecule has 0 spiro atoms. The lowest BCUT2D eigenvalue weighted by molar-refractivity contribution is 0.0966. The Hall–Kier alpha value is -0.710. The molecule has 0 N–H and O–H groups in total. The fourth-order valence-corrected chi connectivity index (χ4v) is 2.95. The molecule has 1 aromatic rings. The average molecular weight is 326 g/mol. The van der Waals surface area contributed by atoms with Crippen molar-refractivity contribution in [1.29, 1.82) is 0 Å². The molecule has 0 aliphatic carbocycles. The van der Waals surface area contributed by atoms with Crippen molar-refractivity contribution in [2.45, 2.75) is 12.8 Å². The molecule has 1 heterocycles. The predicted molar refractivity (Wildman–Crippen MR) is 79.5 cm³/mol. The summed E-state index contributed by atoms with van der Waals surface area (Å²) in [6.07, 6.45) is 1.77. The van der Waals surface area contributed by atoms with E-state index in [9.17, 15) is 4.79 Å². The van der Waals surface area contributed by atoms with Crippen LogP contribution in [0.4, 0.5) is 0 Å². The minimum atomic E-state index is 0.219. The van der Waals surface area contributed by atoms with Gasteiger partial charge in [0, 0.05) is 36.7 Å². The molecule has 1 saturated heterocycles. The molecule has 1 fully saturated rings. The molecule has 19 heavy (non-hydrogen) atoms. The van der Waals surface area contributed by atoms with Crippen LogP contribution in [0.15, 0.2) is 28.7 Å². The van der Waals surface area contributed by atoms with Gasteiger partial charge in [0.05, 0.1) is 6.61 Å². The first-order valence-corrected chi connectivity index (χ1v) is 7.48. The summed E-state index contributed by atoms with van der Waals surface area (Å²) >= 11 is 3.40. The zero-order valence-electron chi connectivity index (χ0n) is 11.3. The summed E-state index contributed by atoms with van der Waals surface area (Å²) < 4.78 is 6.14. The van der Waals surface area contributed by atoms with Crippen LogP contribution in [0.2, 0.25) is 0 Å². The molecule has 0 saturated carbocycles. The summed E-state index contributed by atoms with van der Waals surface area (Å²) in [5, 5.41) is 0. The van der Waals surface area contributed by atoms with Crippen molar-refractivity contribution in [1.82, 2.24) is 4.90 Å². The van der Waals surface area contributed by atoms with Crippen molar-refractivity contribution < 1.29 is 9.53 Å². The molecule has 0 radical (unpaired) electrons. The maximum absolute atomic E-state index is 12.1. The van der Waals surface area contributed by atoms with Gasteiger partial charge in [-0.15, -0.1) is 0 Å². The van der Waals surface area contributed by atoms with Crippen molar-refractivity contribution in [2.75, 3.05) is 33.4 Å². The lowest BCUT2D eigenvalue weighted by Gasteiger charge is -2.15. The van der Waals surface area contributed by atoms with Crippen LogP contribution in [0.1, 0.15) is 23.2 Å². The fraction of sp³-hybridized carbons (Fsp3) is 0.533. The van der Waals surface area contributed by atoms with E-state index in [1.807, 2.05) is 24.3 Å². The van der Waals surface area contributed by atoms with Gasteiger partial charge in [0.1, 0.15) is 0 Å². The first-order chi connectivity index (χ1) is 9.19. The Balaban J connectivity index is 1.78. The number of carbonyl (C=O) groups excluding carboxylic acids is 1. The van der Waals surface area contributed by atoms with Gasteiger partial charge in [0.15, 0.2) is 5.78 Å². The number of likely N-dealkylation sites (tertiary alicyclic amines) is 1. The van der Waals surface area contributed by atoms with E-state index < -0.39 is 0 Å². The Kier molecular flexibility index (Phi) is 5.55. The number of ketones is 1.